The number of nitrogens with one attached hydrogen (secondary N) is 1. The first-order chi connectivity index (χ1) is 11.7. The van der Waals surface area contributed by atoms with Gasteiger partial charge >= 0.3 is 0 Å². The van der Waals surface area contributed by atoms with Gasteiger partial charge in [0, 0.05) is 23.9 Å². The van der Waals surface area contributed by atoms with Crippen molar-refractivity contribution in [2.75, 3.05) is 0 Å². The summed E-state index contributed by atoms with van der Waals surface area (Å²) in [6.45, 7) is 2.17. The summed E-state index contributed by atoms with van der Waals surface area (Å²) in [5.41, 5.74) is 11.4. The zero-order chi connectivity index (χ0) is 16.3. The van der Waals surface area contributed by atoms with Crippen LogP contribution in [0.5, 0.6) is 0 Å². The maximum Gasteiger partial charge on any atom is 0.0898 e. The number of hydrogen-bond acceptors (Lipinski definition) is 2. The summed E-state index contributed by atoms with van der Waals surface area (Å²) in [7, 11) is 2.18. The second-order valence-corrected chi connectivity index (χ2v) is 7.07. The molecule has 0 fully saturated rings. The molecule has 0 saturated carbocycles. The molecule has 2 heterocycles. The molecule has 0 bridgehead atoms. The van der Waals surface area contributed by atoms with Gasteiger partial charge in [0.25, 0.3) is 0 Å². The molecule has 2 aliphatic rings. The molecule has 24 heavy (non-hydrogen) atoms. The van der Waals surface area contributed by atoms with E-state index >= 15 is 0 Å². The van der Waals surface area contributed by atoms with Gasteiger partial charge in [0.15, 0.2) is 0 Å². The highest BCUT2D eigenvalue weighted by molar-refractivity contribution is 6.09. The number of hydrogen-bond donors (Lipinski definition) is 1. The van der Waals surface area contributed by atoms with Crippen molar-refractivity contribution in [1.29, 1.82) is 0 Å². The predicted octanol–water partition coefficient (Wildman–Crippen LogP) is 4.10. The summed E-state index contributed by atoms with van der Waals surface area (Å²) in [5, 5.41) is 6.18. The number of aryl methyl sites for hydroxylation is 3. The van der Waals surface area contributed by atoms with Gasteiger partial charge in [-0.25, -0.2) is 0 Å². The molecule has 1 aliphatic carbocycles. The van der Waals surface area contributed by atoms with E-state index < -0.39 is 0 Å². The molecule has 1 aliphatic heterocycles. The Hall–Kier alpha value is -2.55. The maximum absolute atomic E-state index is 4.78. The molecule has 1 aromatic heterocycles. The largest absolute Gasteiger partial charge is 0.342 e. The van der Waals surface area contributed by atoms with Crippen LogP contribution in [0.1, 0.15) is 34.8 Å². The molecule has 5 rings (SSSR count). The van der Waals surface area contributed by atoms with E-state index in [1.54, 1.807) is 0 Å². The molecule has 3 nitrogen and oxygen atoms in total. The van der Waals surface area contributed by atoms with Crippen LogP contribution < -0.4 is 5.43 Å². The van der Waals surface area contributed by atoms with Gasteiger partial charge in [0.2, 0.25) is 0 Å². The zero-order valence-electron chi connectivity index (χ0n) is 14.1. The van der Waals surface area contributed by atoms with Gasteiger partial charge in [-0.2, -0.15) is 5.10 Å². The van der Waals surface area contributed by atoms with Crippen molar-refractivity contribution in [2.45, 2.75) is 25.8 Å². The second kappa shape index (κ2) is 4.97. The molecule has 2 atom stereocenters. The van der Waals surface area contributed by atoms with Crippen LogP contribution in [-0.2, 0) is 13.5 Å². The molecule has 120 valence electrons. The van der Waals surface area contributed by atoms with E-state index in [-0.39, 0.29) is 0 Å². The minimum absolute atomic E-state index is 0.300. The van der Waals surface area contributed by atoms with E-state index in [0.29, 0.717) is 12.0 Å². The first-order valence-corrected chi connectivity index (χ1v) is 8.70. The fraction of sp³-hybridized carbons (Fsp3) is 0.286. The van der Waals surface area contributed by atoms with Crippen LogP contribution in [0.3, 0.4) is 0 Å². The third kappa shape index (κ3) is 1.81. The van der Waals surface area contributed by atoms with Crippen LogP contribution in [0.15, 0.2) is 53.6 Å². The lowest BCUT2D eigenvalue weighted by Crippen LogP contribution is -2.27. The van der Waals surface area contributed by atoms with Gasteiger partial charge in [0.05, 0.1) is 17.4 Å². The van der Waals surface area contributed by atoms with Crippen molar-refractivity contribution in [3.05, 3.63) is 70.9 Å². The molecule has 0 unspecified atom stereocenters. The Morgan fingerprint density at radius 3 is 2.79 bits per heavy atom. The lowest BCUT2D eigenvalue weighted by Gasteiger charge is -2.25. The van der Waals surface area contributed by atoms with E-state index in [1.807, 2.05) is 0 Å². The van der Waals surface area contributed by atoms with Crippen LogP contribution >= 0.6 is 0 Å². The second-order valence-electron chi connectivity index (χ2n) is 7.07. The SMILES string of the molecule is Cc1ccc2c(c1)c1c(n2C)C2=NN[C@@H](c3ccccc3)[C@@H]2CC1. The van der Waals surface area contributed by atoms with Crippen LogP contribution in [0.4, 0.5) is 0 Å². The van der Waals surface area contributed by atoms with Crippen molar-refractivity contribution in [2.24, 2.45) is 18.1 Å². The minimum atomic E-state index is 0.300. The summed E-state index contributed by atoms with van der Waals surface area (Å²) < 4.78 is 2.34. The summed E-state index contributed by atoms with van der Waals surface area (Å²) in [6.07, 6.45) is 2.29. The molecule has 3 aromatic rings. The van der Waals surface area contributed by atoms with E-state index in [9.17, 15) is 0 Å². The fourth-order valence-corrected chi connectivity index (χ4v) is 4.48. The molecule has 3 heteroatoms. The molecular weight excluding hydrogens is 294 g/mol. The van der Waals surface area contributed by atoms with Gasteiger partial charge in [-0.1, -0.05) is 42.0 Å². The lowest BCUT2D eigenvalue weighted by atomic mass is 9.79. The van der Waals surface area contributed by atoms with Crippen LogP contribution in [0, 0.1) is 12.8 Å². The Balaban J connectivity index is 1.64. The number of fused-ring (bicyclic) bond motifs is 5. The fourth-order valence-electron chi connectivity index (χ4n) is 4.48. The van der Waals surface area contributed by atoms with E-state index in [1.165, 1.54) is 39.0 Å². The van der Waals surface area contributed by atoms with E-state index in [2.05, 4.69) is 72.5 Å². The van der Waals surface area contributed by atoms with Crippen molar-refractivity contribution >= 4 is 16.6 Å². The first kappa shape index (κ1) is 13.8. The molecule has 1 N–H and O–H groups in total. The number of aromatic nitrogens is 1. The van der Waals surface area contributed by atoms with Crippen LogP contribution in [0.2, 0.25) is 0 Å². The van der Waals surface area contributed by atoms with Gasteiger partial charge in [0.1, 0.15) is 0 Å². The third-order valence-corrected chi connectivity index (χ3v) is 5.64. The van der Waals surface area contributed by atoms with Crippen molar-refractivity contribution in [1.82, 2.24) is 9.99 Å². The average Bonchev–Trinajstić information content (AvgIpc) is 3.15. The third-order valence-electron chi connectivity index (χ3n) is 5.64. The standard InChI is InChI=1S/C21H21N3/c1-13-8-11-18-17(12-13)15-9-10-16-19(14-6-4-3-5-7-14)22-23-20(16)21(15)24(18)2/h3-8,11-12,16,19,22H,9-10H2,1-2H3/t16-,19-/m0/s1. The van der Waals surface area contributed by atoms with Crippen molar-refractivity contribution in [3.8, 4) is 0 Å². The number of benzene rings is 2. The Morgan fingerprint density at radius 2 is 1.96 bits per heavy atom. The maximum atomic E-state index is 4.78. The molecule has 0 saturated heterocycles. The Kier molecular flexibility index (Phi) is 2.87. The highest BCUT2D eigenvalue weighted by Gasteiger charge is 2.39. The normalized spacial score (nSPS) is 22.0. The van der Waals surface area contributed by atoms with Crippen LogP contribution in [-0.4, -0.2) is 10.3 Å². The highest BCUT2D eigenvalue weighted by Crippen LogP contribution is 2.41. The van der Waals surface area contributed by atoms with Crippen molar-refractivity contribution < 1.29 is 0 Å². The van der Waals surface area contributed by atoms with Gasteiger partial charge in [-0.3, -0.25) is 0 Å². The van der Waals surface area contributed by atoms with Crippen LogP contribution in [0.25, 0.3) is 10.9 Å². The van der Waals surface area contributed by atoms with Crippen molar-refractivity contribution in [3.63, 3.8) is 0 Å². The quantitative estimate of drug-likeness (QED) is 0.720. The Labute approximate surface area is 142 Å². The molecule has 0 radical (unpaired) electrons. The Morgan fingerprint density at radius 1 is 1.12 bits per heavy atom. The highest BCUT2D eigenvalue weighted by atomic mass is 15.3. The summed E-state index contributed by atoms with van der Waals surface area (Å²) in [4.78, 5) is 0. The van der Waals surface area contributed by atoms with Gasteiger partial charge < -0.3 is 9.99 Å². The van der Waals surface area contributed by atoms with Gasteiger partial charge in [-0.15, -0.1) is 0 Å². The molecular formula is C21H21N3. The molecule has 0 spiro atoms. The van der Waals surface area contributed by atoms with E-state index in [0.717, 1.165) is 12.8 Å². The Bertz CT molecular complexity index is 966. The first-order valence-electron chi connectivity index (χ1n) is 8.70. The molecule has 2 aromatic carbocycles. The monoisotopic (exact) mass is 315 g/mol. The minimum Gasteiger partial charge on any atom is -0.342 e. The average molecular weight is 315 g/mol. The van der Waals surface area contributed by atoms with Gasteiger partial charge in [-0.05, 0) is 43.0 Å². The smallest absolute Gasteiger partial charge is 0.0898 e. The lowest BCUT2D eigenvalue weighted by molar-refractivity contribution is 0.466. The summed E-state index contributed by atoms with van der Waals surface area (Å²) in [5.74, 6) is 0.462. The number of hydrazone groups is 1. The molecule has 0 amide bonds. The summed E-state index contributed by atoms with van der Waals surface area (Å²) in [6, 6.07) is 17.8. The number of nitrogens with zero attached hydrogens (tertiary/aromatic N) is 2. The van der Waals surface area contributed by atoms with E-state index in [4.69, 9.17) is 5.10 Å². The zero-order valence-corrected chi connectivity index (χ0v) is 14.1. The number of rotatable bonds is 1. The summed E-state index contributed by atoms with van der Waals surface area (Å²) >= 11 is 0. The topological polar surface area (TPSA) is 29.3 Å². The predicted molar refractivity (Wildman–Crippen MR) is 98.3 cm³/mol.